The Balaban J connectivity index is 1.32. The highest BCUT2D eigenvalue weighted by molar-refractivity contribution is 7.09. The number of benzene rings is 2. The summed E-state index contributed by atoms with van der Waals surface area (Å²) in [4.78, 5) is 34.4. The van der Waals surface area contributed by atoms with Gasteiger partial charge in [0.2, 0.25) is 0 Å². The van der Waals surface area contributed by atoms with Crippen LogP contribution < -0.4 is 5.32 Å². The largest absolute Gasteiger partial charge is 0.383 e. The van der Waals surface area contributed by atoms with E-state index >= 15 is 0 Å². The molecule has 8 heteroatoms. The van der Waals surface area contributed by atoms with Crippen molar-refractivity contribution in [2.45, 2.75) is 45.6 Å². The molecule has 1 saturated heterocycles. The number of piperidine rings is 1. The first-order chi connectivity index (χ1) is 18.4. The molecule has 3 aromatic rings. The van der Waals surface area contributed by atoms with Crippen LogP contribution in [0.15, 0.2) is 60.0 Å². The molecule has 0 spiro atoms. The summed E-state index contributed by atoms with van der Waals surface area (Å²) in [5.74, 6) is 1.01. The van der Waals surface area contributed by atoms with Gasteiger partial charge in [-0.1, -0.05) is 56.3 Å². The van der Waals surface area contributed by atoms with Crippen LogP contribution in [-0.2, 0) is 17.7 Å². The number of hydrogen-bond acceptors (Lipinski definition) is 5. The number of nitrogens with zero attached hydrogens (tertiary/aromatic N) is 3. The SMILES string of the molecule is COCCN(Cc1nc(C(=O)N2CCC(Cc3ccccc3)CC2)cs1)C(=O)Nc1ccc(C(C)C)cc1. The van der Waals surface area contributed by atoms with Crippen molar-refractivity contribution in [3.63, 3.8) is 0 Å². The minimum Gasteiger partial charge on any atom is -0.383 e. The standard InChI is InChI=1S/C30H38N4O3S/c1-22(2)25-9-11-26(12-10-25)31-30(36)34(17-18-37-3)20-28-32-27(21-38-28)29(35)33-15-13-24(14-16-33)19-23-7-5-4-6-8-23/h4-12,21-22,24H,13-20H2,1-3H3,(H,31,36). The molecule has 0 bridgehead atoms. The Labute approximate surface area is 229 Å². The van der Waals surface area contributed by atoms with E-state index < -0.39 is 0 Å². The minimum atomic E-state index is -0.220. The van der Waals surface area contributed by atoms with Gasteiger partial charge in [0.25, 0.3) is 5.91 Å². The van der Waals surface area contributed by atoms with Gasteiger partial charge < -0.3 is 19.9 Å². The summed E-state index contributed by atoms with van der Waals surface area (Å²) in [5, 5.41) is 5.51. The maximum Gasteiger partial charge on any atom is 0.322 e. The molecule has 202 valence electrons. The highest BCUT2D eigenvalue weighted by Gasteiger charge is 2.26. The van der Waals surface area contributed by atoms with Crippen LogP contribution in [0.4, 0.5) is 10.5 Å². The van der Waals surface area contributed by atoms with Crippen molar-refractivity contribution in [1.82, 2.24) is 14.8 Å². The third kappa shape index (κ3) is 7.65. The molecule has 1 fully saturated rings. The number of carbonyl (C=O) groups excluding carboxylic acids is 2. The number of hydrogen-bond donors (Lipinski definition) is 1. The van der Waals surface area contributed by atoms with Crippen LogP contribution in [0.1, 0.15) is 59.2 Å². The lowest BCUT2D eigenvalue weighted by molar-refractivity contribution is 0.0685. The van der Waals surface area contributed by atoms with Crippen LogP contribution in [0.3, 0.4) is 0 Å². The van der Waals surface area contributed by atoms with Crippen molar-refractivity contribution < 1.29 is 14.3 Å². The molecule has 4 rings (SSSR count). The summed E-state index contributed by atoms with van der Waals surface area (Å²) in [5.41, 5.74) is 3.78. The highest BCUT2D eigenvalue weighted by atomic mass is 32.1. The van der Waals surface area contributed by atoms with Gasteiger partial charge >= 0.3 is 6.03 Å². The van der Waals surface area contributed by atoms with Gasteiger partial charge in [-0.05, 0) is 54.4 Å². The lowest BCUT2D eigenvalue weighted by Gasteiger charge is -2.31. The third-order valence-electron chi connectivity index (χ3n) is 7.05. The molecule has 0 aliphatic carbocycles. The smallest absolute Gasteiger partial charge is 0.322 e. The third-order valence-corrected chi connectivity index (χ3v) is 7.88. The highest BCUT2D eigenvalue weighted by Crippen LogP contribution is 2.24. The molecule has 1 N–H and O–H groups in total. The second-order valence-electron chi connectivity index (χ2n) is 10.2. The maximum atomic E-state index is 13.1. The van der Waals surface area contributed by atoms with Crippen molar-refractivity contribution in [1.29, 1.82) is 0 Å². The Kier molecular flexibility index (Phi) is 9.90. The number of carbonyl (C=O) groups is 2. The molecular formula is C30H38N4O3S. The van der Waals surface area contributed by atoms with Gasteiger partial charge in [-0.15, -0.1) is 11.3 Å². The molecule has 1 aliphatic rings. The number of nitrogens with one attached hydrogen (secondary N) is 1. The first kappa shape index (κ1) is 27.8. The normalized spacial score (nSPS) is 14.1. The fraction of sp³-hybridized carbons (Fsp3) is 0.433. The Morgan fingerprint density at radius 1 is 1.11 bits per heavy atom. The van der Waals surface area contributed by atoms with Gasteiger partial charge in [0, 0.05) is 37.8 Å². The Bertz CT molecular complexity index is 1170. The van der Waals surface area contributed by atoms with E-state index in [2.05, 4.69) is 48.4 Å². The second-order valence-corrected chi connectivity index (χ2v) is 11.1. The predicted molar refractivity (Wildman–Crippen MR) is 153 cm³/mol. The summed E-state index contributed by atoms with van der Waals surface area (Å²) in [6.45, 7) is 6.93. The number of amides is 3. The first-order valence-corrected chi connectivity index (χ1v) is 14.2. The number of anilines is 1. The lowest BCUT2D eigenvalue weighted by Crippen LogP contribution is -2.39. The van der Waals surface area contributed by atoms with E-state index in [4.69, 9.17) is 4.74 Å². The van der Waals surface area contributed by atoms with E-state index in [0.717, 1.165) is 43.0 Å². The number of methoxy groups -OCH3 is 1. The number of urea groups is 1. The summed E-state index contributed by atoms with van der Waals surface area (Å²) < 4.78 is 5.22. The molecule has 1 aliphatic heterocycles. The molecule has 3 amide bonds. The second kappa shape index (κ2) is 13.5. The molecule has 0 unspecified atom stereocenters. The van der Waals surface area contributed by atoms with Crippen LogP contribution in [0.2, 0.25) is 0 Å². The van der Waals surface area contributed by atoms with E-state index in [1.807, 2.05) is 40.6 Å². The molecule has 7 nitrogen and oxygen atoms in total. The number of rotatable bonds is 10. The number of likely N-dealkylation sites (tertiary alicyclic amines) is 1. The van der Waals surface area contributed by atoms with Gasteiger partial charge in [-0.2, -0.15) is 0 Å². The van der Waals surface area contributed by atoms with Crippen LogP contribution >= 0.6 is 11.3 Å². The molecule has 38 heavy (non-hydrogen) atoms. The number of ether oxygens (including phenoxy) is 1. The van der Waals surface area contributed by atoms with E-state index in [-0.39, 0.29) is 11.9 Å². The van der Waals surface area contributed by atoms with Crippen LogP contribution in [0, 0.1) is 5.92 Å². The van der Waals surface area contributed by atoms with E-state index in [0.29, 0.717) is 37.2 Å². The first-order valence-electron chi connectivity index (χ1n) is 13.4. The molecule has 0 atom stereocenters. The van der Waals surface area contributed by atoms with Gasteiger partial charge in [-0.3, -0.25) is 4.79 Å². The topological polar surface area (TPSA) is 74.8 Å². The van der Waals surface area contributed by atoms with Crippen LogP contribution in [-0.4, -0.2) is 60.1 Å². The zero-order valence-corrected chi connectivity index (χ0v) is 23.4. The monoisotopic (exact) mass is 534 g/mol. The van der Waals surface area contributed by atoms with Crippen molar-refractivity contribution in [2.75, 3.05) is 38.7 Å². The van der Waals surface area contributed by atoms with Crippen molar-refractivity contribution in [2.24, 2.45) is 5.92 Å². The molecule has 2 aromatic carbocycles. The molecule has 1 aromatic heterocycles. The van der Waals surface area contributed by atoms with Crippen LogP contribution in [0.25, 0.3) is 0 Å². The zero-order chi connectivity index (χ0) is 26.9. The van der Waals surface area contributed by atoms with Crippen LogP contribution in [0.5, 0.6) is 0 Å². The number of thiazole rings is 1. The Morgan fingerprint density at radius 2 is 1.82 bits per heavy atom. The average Bonchev–Trinajstić information content (AvgIpc) is 3.40. The van der Waals surface area contributed by atoms with E-state index in [1.54, 1.807) is 12.0 Å². The van der Waals surface area contributed by atoms with Gasteiger partial charge in [0.1, 0.15) is 10.7 Å². The predicted octanol–water partition coefficient (Wildman–Crippen LogP) is 6.04. The fourth-order valence-corrected chi connectivity index (χ4v) is 5.49. The lowest BCUT2D eigenvalue weighted by atomic mass is 9.90. The fourth-order valence-electron chi connectivity index (χ4n) is 4.70. The summed E-state index contributed by atoms with van der Waals surface area (Å²) in [7, 11) is 1.61. The summed E-state index contributed by atoms with van der Waals surface area (Å²) >= 11 is 1.41. The van der Waals surface area contributed by atoms with Crippen molar-refractivity contribution >= 4 is 29.0 Å². The zero-order valence-electron chi connectivity index (χ0n) is 22.6. The quantitative estimate of drug-likeness (QED) is 0.344. The van der Waals surface area contributed by atoms with E-state index in [1.165, 1.54) is 22.5 Å². The van der Waals surface area contributed by atoms with Gasteiger partial charge in [-0.25, -0.2) is 9.78 Å². The summed E-state index contributed by atoms with van der Waals surface area (Å²) in [6, 6.07) is 18.2. The molecule has 2 heterocycles. The van der Waals surface area contributed by atoms with Crippen molar-refractivity contribution in [3.8, 4) is 0 Å². The molecule has 0 radical (unpaired) electrons. The minimum absolute atomic E-state index is 0.0243. The summed E-state index contributed by atoms with van der Waals surface area (Å²) in [6.07, 6.45) is 3.06. The maximum absolute atomic E-state index is 13.1. The molecule has 0 saturated carbocycles. The average molecular weight is 535 g/mol. The molecular weight excluding hydrogens is 496 g/mol. The van der Waals surface area contributed by atoms with Gasteiger partial charge in [0.05, 0.1) is 13.2 Å². The van der Waals surface area contributed by atoms with Gasteiger partial charge in [0.15, 0.2) is 0 Å². The Hall–Kier alpha value is -3.23. The number of aromatic nitrogens is 1. The van der Waals surface area contributed by atoms with Crippen molar-refractivity contribution in [3.05, 3.63) is 81.8 Å². The van der Waals surface area contributed by atoms with E-state index in [9.17, 15) is 9.59 Å². The Morgan fingerprint density at radius 3 is 2.47 bits per heavy atom.